The highest BCUT2D eigenvalue weighted by Crippen LogP contribution is 2.16. The fourth-order valence-electron chi connectivity index (χ4n) is 1.85. The van der Waals surface area contributed by atoms with Gasteiger partial charge in [-0.2, -0.15) is 0 Å². The molecule has 2 rings (SSSR count). The molecule has 2 aromatic rings. The maximum absolute atomic E-state index is 12.2. The molecular formula is C15H16N2O2S. The molecule has 0 bridgehead atoms. The molecular weight excluding hydrogens is 272 g/mol. The lowest BCUT2D eigenvalue weighted by Crippen LogP contribution is -2.26. The van der Waals surface area contributed by atoms with Crippen molar-refractivity contribution in [3.05, 3.63) is 59.0 Å². The van der Waals surface area contributed by atoms with Crippen LogP contribution in [-0.4, -0.2) is 10.9 Å². The molecule has 0 radical (unpaired) electrons. The molecule has 1 unspecified atom stereocenters. The molecule has 1 heterocycles. The Morgan fingerprint density at radius 3 is 2.60 bits per heavy atom. The van der Waals surface area contributed by atoms with Crippen LogP contribution in [0.4, 0.5) is 0 Å². The highest BCUT2D eigenvalue weighted by Gasteiger charge is 2.14. The Morgan fingerprint density at radius 1 is 1.30 bits per heavy atom. The number of nitrogens with one attached hydrogen (secondary N) is 1. The second-order valence-electron chi connectivity index (χ2n) is 4.59. The van der Waals surface area contributed by atoms with E-state index in [9.17, 15) is 4.79 Å². The number of carbonyl (C=O) groups is 1. The van der Waals surface area contributed by atoms with Crippen molar-refractivity contribution in [2.24, 2.45) is 5.73 Å². The van der Waals surface area contributed by atoms with Crippen LogP contribution in [0.1, 0.15) is 40.4 Å². The number of benzene rings is 1. The number of furan rings is 1. The molecule has 0 saturated carbocycles. The van der Waals surface area contributed by atoms with Crippen molar-refractivity contribution in [1.82, 2.24) is 5.32 Å². The minimum atomic E-state index is -0.204. The first-order valence-corrected chi connectivity index (χ1v) is 6.65. The Bertz CT molecular complexity index is 649. The Labute approximate surface area is 123 Å². The van der Waals surface area contributed by atoms with Gasteiger partial charge in [0.25, 0.3) is 5.91 Å². The van der Waals surface area contributed by atoms with Crippen LogP contribution >= 0.6 is 12.2 Å². The largest absolute Gasteiger partial charge is 0.464 e. The zero-order valence-corrected chi connectivity index (χ0v) is 12.2. The smallest absolute Gasteiger partial charge is 0.251 e. The van der Waals surface area contributed by atoms with Gasteiger partial charge < -0.3 is 15.5 Å². The molecule has 3 N–H and O–H groups in total. The summed E-state index contributed by atoms with van der Waals surface area (Å²) >= 11 is 4.91. The van der Waals surface area contributed by atoms with Crippen LogP contribution < -0.4 is 11.1 Å². The number of aryl methyl sites for hydroxylation is 1. The second kappa shape index (κ2) is 5.88. The van der Waals surface area contributed by atoms with Gasteiger partial charge in [0.05, 0.1) is 6.04 Å². The number of amides is 1. The van der Waals surface area contributed by atoms with E-state index in [0.29, 0.717) is 11.1 Å². The van der Waals surface area contributed by atoms with Crippen molar-refractivity contribution in [2.75, 3.05) is 0 Å². The van der Waals surface area contributed by atoms with Gasteiger partial charge in [0, 0.05) is 11.1 Å². The molecule has 5 heteroatoms. The molecule has 0 aliphatic carbocycles. The molecule has 104 valence electrons. The van der Waals surface area contributed by atoms with E-state index in [1.165, 1.54) is 0 Å². The summed E-state index contributed by atoms with van der Waals surface area (Å²) in [5, 5.41) is 2.88. The van der Waals surface area contributed by atoms with E-state index < -0.39 is 0 Å². The Balaban J connectivity index is 2.12. The van der Waals surface area contributed by atoms with E-state index in [2.05, 4.69) is 5.32 Å². The molecule has 1 amide bonds. The number of hydrogen-bond acceptors (Lipinski definition) is 3. The number of carbonyl (C=O) groups excluding carboxylic acids is 1. The Hall–Kier alpha value is -2.14. The normalized spacial score (nSPS) is 11.9. The molecule has 0 fully saturated rings. The maximum Gasteiger partial charge on any atom is 0.251 e. The van der Waals surface area contributed by atoms with E-state index in [4.69, 9.17) is 22.4 Å². The molecule has 1 atom stereocenters. The minimum absolute atomic E-state index is 0.190. The topological polar surface area (TPSA) is 68.3 Å². The first-order valence-electron chi connectivity index (χ1n) is 6.24. The van der Waals surface area contributed by atoms with Gasteiger partial charge in [-0.25, -0.2) is 0 Å². The number of hydrogen-bond donors (Lipinski definition) is 2. The van der Waals surface area contributed by atoms with E-state index >= 15 is 0 Å². The summed E-state index contributed by atoms with van der Waals surface area (Å²) in [6.45, 7) is 3.73. The van der Waals surface area contributed by atoms with Crippen LogP contribution in [0.2, 0.25) is 0 Å². The number of rotatable bonds is 4. The maximum atomic E-state index is 12.2. The lowest BCUT2D eigenvalue weighted by atomic mass is 10.1. The molecule has 0 aliphatic rings. The third-order valence-electron chi connectivity index (χ3n) is 2.94. The predicted molar refractivity (Wildman–Crippen MR) is 81.7 cm³/mol. The van der Waals surface area contributed by atoms with Crippen molar-refractivity contribution in [1.29, 1.82) is 0 Å². The fraction of sp³-hybridized carbons (Fsp3) is 0.200. The van der Waals surface area contributed by atoms with Gasteiger partial charge in [0.15, 0.2) is 0 Å². The van der Waals surface area contributed by atoms with Gasteiger partial charge in [0.2, 0.25) is 0 Å². The van der Waals surface area contributed by atoms with Gasteiger partial charge in [-0.15, -0.1) is 0 Å². The molecule has 1 aromatic heterocycles. The van der Waals surface area contributed by atoms with Crippen LogP contribution in [0.3, 0.4) is 0 Å². The van der Waals surface area contributed by atoms with E-state index in [1.807, 2.05) is 26.0 Å². The third-order valence-corrected chi connectivity index (χ3v) is 3.18. The molecule has 0 saturated heterocycles. The van der Waals surface area contributed by atoms with Gasteiger partial charge in [-0.3, -0.25) is 4.79 Å². The fourth-order valence-corrected chi connectivity index (χ4v) is 1.98. The lowest BCUT2D eigenvalue weighted by Gasteiger charge is -2.12. The molecule has 0 spiro atoms. The molecule has 0 aliphatic heterocycles. The van der Waals surface area contributed by atoms with Crippen molar-refractivity contribution >= 4 is 23.1 Å². The van der Waals surface area contributed by atoms with Gasteiger partial charge in [-0.1, -0.05) is 24.4 Å². The molecule has 20 heavy (non-hydrogen) atoms. The zero-order valence-electron chi connectivity index (χ0n) is 11.3. The van der Waals surface area contributed by atoms with Crippen molar-refractivity contribution in [2.45, 2.75) is 19.9 Å². The summed E-state index contributed by atoms with van der Waals surface area (Å²) in [6.07, 6.45) is 0. The zero-order chi connectivity index (χ0) is 14.7. The van der Waals surface area contributed by atoms with Crippen molar-refractivity contribution < 1.29 is 9.21 Å². The number of nitrogens with two attached hydrogens (primary N) is 1. The minimum Gasteiger partial charge on any atom is -0.464 e. The first kappa shape index (κ1) is 14.3. The van der Waals surface area contributed by atoms with E-state index in [0.717, 1.165) is 11.5 Å². The molecule has 1 aromatic carbocycles. The lowest BCUT2D eigenvalue weighted by molar-refractivity contribution is 0.0935. The summed E-state index contributed by atoms with van der Waals surface area (Å²) in [5.41, 5.74) is 6.76. The van der Waals surface area contributed by atoms with Crippen LogP contribution in [0.15, 0.2) is 40.8 Å². The van der Waals surface area contributed by atoms with Gasteiger partial charge >= 0.3 is 0 Å². The summed E-state index contributed by atoms with van der Waals surface area (Å²) in [6, 6.07) is 10.4. The monoisotopic (exact) mass is 288 g/mol. The molecule has 4 nitrogen and oxygen atoms in total. The highest BCUT2D eigenvalue weighted by atomic mass is 32.1. The van der Waals surface area contributed by atoms with E-state index in [-0.39, 0.29) is 16.9 Å². The summed E-state index contributed by atoms with van der Waals surface area (Å²) in [5.74, 6) is 1.35. The third kappa shape index (κ3) is 3.24. The van der Waals surface area contributed by atoms with Crippen LogP contribution in [-0.2, 0) is 0 Å². The standard InChI is InChI=1S/C15H16N2O2S/c1-9-6-7-13(19-9)10(2)17-15(18)12-5-3-4-11(8-12)14(16)20/h3-8,10H,1-2H3,(H2,16,20)(H,17,18). The average molecular weight is 288 g/mol. The summed E-state index contributed by atoms with van der Waals surface area (Å²) in [7, 11) is 0. The van der Waals surface area contributed by atoms with Crippen LogP contribution in [0.5, 0.6) is 0 Å². The van der Waals surface area contributed by atoms with Crippen LogP contribution in [0, 0.1) is 6.92 Å². The van der Waals surface area contributed by atoms with Crippen LogP contribution in [0.25, 0.3) is 0 Å². The Morgan fingerprint density at radius 2 is 2.00 bits per heavy atom. The Kier molecular flexibility index (Phi) is 4.20. The average Bonchev–Trinajstić information content (AvgIpc) is 2.85. The van der Waals surface area contributed by atoms with Gasteiger partial charge in [-0.05, 0) is 38.1 Å². The summed E-state index contributed by atoms with van der Waals surface area (Å²) in [4.78, 5) is 12.4. The second-order valence-corrected chi connectivity index (χ2v) is 5.03. The van der Waals surface area contributed by atoms with E-state index in [1.54, 1.807) is 24.3 Å². The quantitative estimate of drug-likeness (QED) is 0.849. The summed E-state index contributed by atoms with van der Waals surface area (Å²) < 4.78 is 5.49. The van der Waals surface area contributed by atoms with Gasteiger partial charge in [0.1, 0.15) is 16.5 Å². The van der Waals surface area contributed by atoms with Crippen molar-refractivity contribution in [3.8, 4) is 0 Å². The predicted octanol–water partition coefficient (Wildman–Crippen LogP) is 2.71. The number of thiocarbonyl (C=S) groups is 1. The first-order chi connectivity index (χ1) is 9.47. The SMILES string of the molecule is Cc1ccc(C(C)NC(=O)c2cccc(C(N)=S)c2)o1. The highest BCUT2D eigenvalue weighted by molar-refractivity contribution is 7.80. The van der Waals surface area contributed by atoms with Crippen molar-refractivity contribution in [3.63, 3.8) is 0 Å².